The average Bonchev–Trinajstić information content (AvgIpc) is 2.95. The predicted octanol–water partition coefficient (Wildman–Crippen LogP) is 4.35. The first-order valence-electron chi connectivity index (χ1n) is 8.13. The number of rotatable bonds is 7. The number of imide groups is 1. The van der Waals surface area contributed by atoms with Crippen LogP contribution in [0.15, 0.2) is 43.0 Å². The zero-order chi connectivity index (χ0) is 19.1. The highest BCUT2D eigenvalue weighted by molar-refractivity contribution is 7.16. The summed E-state index contributed by atoms with van der Waals surface area (Å²) in [7, 11) is 0. The van der Waals surface area contributed by atoms with Crippen LogP contribution in [0, 0.1) is 13.8 Å². The maximum absolute atomic E-state index is 12.2. The molecular formula is C19H22ClN3O2S. The van der Waals surface area contributed by atoms with Gasteiger partial charge in [-0.15, -0.1) is 17.9 Å². The van der Waals surface area contributed by atoms with Gasteiger partial charge in [0, 0.05) is 23.7 Å². The Kier molecular flexibility index (Phi) is 7.38. The van der Waals surface area contributed by atoms with Crippen LogP contribution in [0.4, 0.5) is 10.5 Å². The van der Waals surface area contributed by atoms with Crippen LogP contribution < -0.4 is 10.6 Å². The van der Waals surface area contributed by atoms with E-state index >= 15 is 0 Å². The molecule has 0 aliphatic carbocycles. The number of urea groups is 1. The van der Waals surface area contributed by atoms with Crippen molar-refractivity contribution in [2.24, 2.45) is 0 Å². The van der Waals surface area contributed by atoms with Crippen LogP contribution in [0.25, 0.3) is 0 Å². The van der Waals surface area contributed by atoms with E-state index in [2.05, 4.69) is 17.2 Å². The van der Waals surface area contributed by atoms with Crippen molar-refractivity contribution >= 4 is 40.6 Å². The van der Waals surface area contributed by atoms with Crippen molar-refractivity contribution in [3.63, 3.8) is 0 Å². The number of carbonyl (C=O) groups is 2. The molecule has 0 unspecified atom stereocenters. The van der Waals surface area contributed by atoms with Crippen LogP contribution in [-0.2, 0) is 11.3 Å². The predicted molar refractivity (Wildman–Crippen MR) is 108 cm³/mol. The first kappa shape index (κ1) is 20.2. The van der Waals surface area contributed by atoms with Gasteiger partial charge in [-0.3, -0.25) is 15.0 Å². The molecule has 1 aromatic heterocycles. The van der Waals surface area contributed by atoms with Gasteiger partial charge in [0.05, 0.1) is 10.9 Å². The summed E-state index contributed by atoms with van der Waals surface area (Å²) in [4.78, 5) is 27.2. The number of anilines is 1. The number of nitrogens with zero attached hydrogens (tertiary/aromatic N) is 1. The first-order valence-corrected chi connectivity index (χ1v) is 9.32. The van der Waals surface area contributed by atoms with E-state index in [0.717, 1.165) is 16.0 Å². The van der Waals surface area contributed by atoms with Crippen LogP contribution in [0.1, 0.15) is 16.0 Å². The van der Waals surface area contributed by atoms with Crippen molar-refractivity contribution < 1.29 is 9.59 Å². The Morgan fingerprint density at radius 1 is 1.27 bits per heavy atom. The lowest BCUT2D eigenvalue weighted by Gasteiger charge is -2.19. The third-order valence-electron chi connectivity index (χ3n) is 3.65. The maximum Gasteiger partial charge on any atom is 0.325 e. The molecule has 0 aliphatic rings. The molecule has 0 saturated carbocycles. The topological polar surface area (TPSA) is 61.4 Å². The lowest BCUT2D eigenvalue weighted by atomic mass is 10.1. The molecule has 138 valence electrons. The van der Waals surface area contributed by atoms with E-state index in [-0.39, 0.29) is 12.5 Å². The summed E-state index contributed by atoms with van der Waals surface area (Å²) in [5, 5.41) is 5.06. The molecule has 2 rings (SSSR count). The lowest BCUT2D eigenvalue weighted by Crippen LogP contribution is -2.41. The molecule has 0 atom stereocenters. The van der Waals surface area contributed by atoms with Crippen LogP contribution in [0.5, 0.6) is 0 Å². The molecule has 0 radical (unpaired) electrons. The van der Waals surface area contributed by atoms with Crippen molar-refractivity contribution in [3.05, 3.63) is 63.3 Å². The largest absolute Gasteiger partial charge is 0.325 e. The van der Waals surface area contributed by atoms with E-state index in [1.54, 1.807) is 6.08 Å². The number of nitrogens with one attached hydrogen (secondary N) is 2. The zero-order valence-electron chi connectivity index (χ0n) is 14.8. The average molecular weight is 392 g/mol. The number of amides is 3. The van der Waals surface area contributed by atoms with Crippen molar-refractivity contribution in [2.45, 2.75) is 20.4 Å². The van der Waals surface area contributed by atoms with Gasteiger partial charge in [-0.25, -0.2) is 4.79 Å². The molecule has 0 spiro atoms. The summed E-state index contributed by atoms with van der Waals surface area (Å²) in [5.74, 6) is -0.378. The molecule has 0 bridgehead atoms. The summed E-state index contributed by atoms with van der Waals surface area (Å²) in [6.45, 7) is 8.78. The summed E-state index contributed by atoms with van der Waals surface area (Å²) >= 11 is 7.41. The van der Waals surface area contributed by atoms with E-state index in [1.807, 2.05) is 49.1 Å². The minimum atomic E-state index is -0.542. The highest BCUT2D eigenvalue weighted by atomic mass is 35.5. The fourth-order valence-electron chi connectivity index (χ4n) is 2.50. The van der Waals surface area contributed by atoms with Gasteiger partial charge < -0.3 is 5.32 Å². The van der Waals surface area contributed by atoms with Gasteiger partial charge in [0.25, 0.3) is 0 Å². The molecule has 1 aromatic carbocycles. The van der Waals surface area contributed by atoms with Crippen molar-refractivity contribution in [2.75, 3.05) is 18.4 Å². The number of carbonyl (C=O) groups excluding carboxylic acids is 2. The van der Waals surface area contributed by atoms with E-state index in [9.17, 15) is 9.59 Å². The molecule has 0 fully saturated rings. The van der Waals surface area contributed by atoms with Gasteiger partial charge in [-0.05, 0) is 37.6 Å². The quantitative estimate of drug-likeness (QED) is 0.689. The van der Waals surface area contributed by atoms with E-state index < -0.39 is 6.03 Å². The van der Waals surface area contributed by atoms with Crippen molar-refractivity contribution in [1.29, 1.82) is 0 Å². The molecule has 1 heterocycles. The van der Waals surface area contributed by atoms with Gasteiger partial charge in [0.15, 0.2) is 0 Å². The Morgan fingerprint density at radius 2 is 2.04 bits per heavy atom. The molecule has 26 heavy (non-hydrogen) atoms. The standard InChI is InChI=1S/C19H22ClN3O2S/c1-4-9-23(11-15-6-8-17(20)26-15)12-18(24)22-19(25)21-16-7-5-13(2)10-14(16)3/h4-8,10H,1,9,11-12H2,2-3H3,(H2,21,22,24,25). The third-order valence-corrected chi connectivity index (χ3v) is 4.86. The second-order valence-electron chi connectivity index (χ2n) is 5.98. The normalized spacial score (nSPS) is 10.6. The Hall–Kier alpha value is -2.15. The molecule has 2 N–H and O–H groups in total. The van der Waals surface area contributed by atoms with Crippen LogP contribution in [-0.4, -0.2) is 29.9 Å². The van der Waals surface area contributed by atoms with Gasteiger partial charge >= 0.3 is 6.03 Å². The highest BCUT2D eigenvalue weighted by Gasteiger charge is 2.14. The minimum Gasteiger partial charge on any atom is -0.307 e. The van der Waals surface area contributed by atoms with E-state index in [1.165, 1.54) is 11.3 Å². The number of benzene rings is 1. The second-order valence-corrected chi connectivity index (χ2v) is 7.78. The molecule has 0 aliphatic heterocycles. The SMILES string of the molecule is C=CCN(CC(=O)NC(=O)Nc1ccc(C)cc1C)Cc1ccc(Cl)s1. The molecule has 3 amide bonds. The Bertz CT molecular complexity index is 804. The zero-order valence-corrected chi connectivity index (χ0v) is 16.4. The summed E-state index contributed by atoms with van der Waals surface area (Å²) in [6.07, 6.45) is 1.72. The lowest BCUT2D eigenvalue weighted by molar-refractivity contribution is -0.121. The van der Waals surface area contributed by atoms with Gasteiger partial charge in [-0.2, -0.15) is 0 Å². The van der Waals surface area contributed by atoms with Gasteiger partial charge in [-0.1, -0.05) is 35.4 Å². The van der Waals surface area contributed by atoms with E-state index in [4.69, 9.17) is 11.6 Å². The van der Waals surface area contributed by atoms with Gasteiger partial charge in [0.2, 0.25) is 5.91 Å². The highest BCUT2D eigenvalue weighted by Crippen LogP contribution is 2.22. The molecule has 5 nitrogen and oxygen atoms in total. The third kappa shape index (κ3) is 6.29. The number of hydrogen-bond acceptors (Lipinski definition) is 4. The summed E-state index contributed by atoms with van der Waals surface area (Å²) in [5.41, 5.74) is 2.73. The molecule has 7 heteroatoms. The van der Waals surface area contributed by atoms with Gasteiger partial charge in [0.1, 0.15) is 0 Å². The van der Waals surface area contributed by atoms with Crippen LogP contribution >= 0.6 is 22.9 Å². The van der Waals surface area contributed by atoms with Crippen LogP contribution in [0.2, 0.25) is 4.34 Å². The number of thiophene rings is 1. The Balaban J connectivity index is 1.89. The minimum absolute atomic E-state index is 0.0852. The van der Waals surface area contributed by atoms with Crippen molar-refractivity contribution in [3.8, 4) is 0 Å². The van der Waals surface area contributed by atoms with E-state index in [0.29, 0.717) is 23.1 Å². The second kappa shape index (κ2) is 9.52. The molecule has 0 saturated heterocycles. The molecule has 2 aromatic rings. The first-order chi connectivity index (χ1) is 12.4. The van der Waals surface area contributed by atoms with Crippen LogP contribution in [0.3, 0.4) is 0 Å². The summed E-state index contributed by atoms with van der Waals surface area (Å²) < 4.78 is 0.704. The maximum atomic E-state index is 12.2. The Labute approximate surface area is 162 Å². The Morgan fingerprint density at radius 3 is 2.65 bits per heavy atom. The summed E-state index contributed by atoms with van der Waals surface area (Å²) in [6, 6.07) is 8.90. The monoisotopic (exact) mass is 391 g/mol. The molecular weight excluding hydrogens is 370 g/mol. The smallest absolute Gasteiger partial charge is 0.307 e. The fraction of sp³-hybridized carbons (Fsp3) is 0.263. The number of hydrogen-bond donors (Lipinski definition) is 2. The number of aryl methyl sites for hydroxylation is 2. The number of halogens is 1. The fourth-order valence-corrected chi connectivity index (χ4v) is 3.63. The van der Waals surface area contributed by atoms with Crippen molar-refractivity contribution in [1.82, 2.24) is 10.2 Å².